The van der Waals surface area contributed by atoms with Gasteiger partial charge in [-0.25, -0.2) is 4.79 Å². The lowest BCUT2D eigenvalue weighted by atomic mass is 9.95. The van der Waals surface area contributed by atoms with Crippen molar-refractivity contribution < 1.29 is 43.5 Å². The summed E-state index contributed by atoms with van der Waals surface area (Å²) in [5, 5.41) is 24.7. The number of nitrogens with one attached hydrogen (secondary N) is 1. The Kier molecular flexibility index (Phi) is 9.57. The molecule has 220 valence electrons. The molecule has 11 nitrogen and oxygen atoms in total. The molecule has 0 aliphatic carbocycles. The third-order valence-corrected chi connectivity index (χ3v) is 7.05. The zero-order valence-corrected chi connectivity index (χ0v) is 22.7. The van der Waals surface area contributed by atoms with Crippen LogP contribution < -0.4 is 5.32 Å². The van der Waals surface area contributed by atoms with Crippen molar-refractivity contribution in [3.63, 3.8) is 0 Å². The summed E-state index contributed by atoms with van der Waals surface area (Å²) in [5.41, 5.74) is 2.10. The number of hydrogen-bond acceptors (Lipinski definition) is 9. The van der Waals surface area contributed by atoms with Crippen LogP contribution in [0.4, 0.5) is 4.79 Å². The van der Waals surface area contributed by atoms with Crippen LogP contribution in [-0.4, -0.2) is 83.4 Å². The van der Waals surface area contributed by atoms with Crippen LogP contribution >= 0.6 is 0 Å². The SMILES string of the molecule is O=C(NCCO[C@@H]1O[C@H](COCc2ccccc2)[C@@H](O)[C@H](O)[C@H]1N1C(=O)c2ccccc2C1=O)OCc1ccccc1. The summed E-state index contributed by atoms with van der Waals surface area (Å²) in [6.07, 6.45) is -6.09. The van der Waals surface area contributed by atoms with Crippen LogP contribution in [-0.2, 0) is 32.2 Å². The number of carbonyl (C=O) groups excluding carboxylic acids is 3. The molecule has 0 aromatic heterocycles. The van der Waals surface area contributed by atoms with Gasteiger partial charge in [-0.05, 0) is 23.3 Å². The van der Waals surface area contributed by atoms with E-state index in [1.54, 1.807) is 12.1 Å². The standard InChI is InChI=1S/C31H32N2O9/c34-26-24(19-39-17-20-9-3-1-4-10-20)42-30(40-16-15-32-31(38)41-18-21-11-5-2-6-12-21)25(27(26)35)33-28(36)22-13-7-8-14-23(22)29(33)37/h1-14,24-27,30,34-35H,15-19H2,(H,32,38)/t24-,25-,26-,27-,30-/m1/s1. The molecule has 2 aliphatic rings. The molecule has 3 aromatic rings. The first-order valence-electron chi connectivity index (χ1n) is 13.6. The lowest BCUT2D eigenvalue weighted by molar-refractivity contribution is -0.281. The van der Waals surface area contributed by atoms with E-state index in [-0.39, 0.29) is 44.1 Å². The lowest BCUT2D eigenvalue weighted by Gasteiger charge is -2.45. The first-order valence-corrected chi connectivity index (χ1v) is 13.6. The number of rotatable bonds is 11. The Balaban J connectivity index is 1.23. The third kappa shape index (κ3) is 6.67. The van der Waals surface area contributed by atoms with E-state index >= 15 is 0 Å². The Morgan fingerprint density at radius 3 is 2.00 bits per heavy atom. The third-order valence-electron chi connectivity index (χ3n) is 7.05. The predicted molar refractivity (Wildman–Crippen MR) is 148 cm³/mol. The number of fused-ring (bicyclic) bond motifs is 1. The molecule has 11 heteroatoms. The first kappa shape index (κ1) is 29.4. The Morgan fingerprint density at radius 1 is 0.810 bits per heavy atom. The minimum absolute atomic E-state index is 0.0101. The summed E-state index contributed by atoms with van der Waals surface area (Å²) < 4.78 is 22.8. The van der Waals surface area contributed by atoms with Crippen molar-refractivity contribution in [3.8, 4) is 0 Å². The summed E-state index contributed by atoms with van der Waals surface area (Å²) in [4.78, 5) is 39.4. The van der Waals surface area contributed by atoms with Crippen LogP contribution in [0.15, 0.2) is 84.9 Å². The maximum Gasteiger partial charge on any atom is 0.407 e. The molecule has 2 aliphatic heterocycles. The number of hydrogen-bond donors (Lipinski definition) is 3. The fraction of sp³-hybridized carbons (Fsp3) is 0.323. The molecule has 3 N–H and O–H groups in total. The summed E-state index contributed by atoms with van der Waals surface area (Å²) in [6.45, 7) is 0.148. The number of nitrogens with zero attached hydrogens (tertiary/aromatic N) is 1. The summed E-state index contributed by atoms with van der Waals surface area (Å²) in [6, 6.07) is 23.5. The van der Waals surface area contributed by atoms with Crippen molar-refractivity contribution in [3.05, 3.63) is 107 Å². The lowest BCUT2D eigenvalue weighted by Crippen LogP contribution is -2.66. The van der Waals surface area contributed by atoms with E-state index in [9.17, 15) is 24.6 Å². The van der Waals surface area contributed by atoms with E-state index in [0.717, 1.165) is 16.0 Å². The zero-order chi connectivity index (χ0) is 29.5. The summed E-state index contributed by atoms with van der Waals surface area (Å²) in [5.74, 6) is -1.27. The van der Waals surface area contributed by atoms with E-state index in [4.69, 9.17) is 18.9 Å². The molecule has 0 radical (unpaired) electrons. The van der Waals surface area contributed by atoms with Gasteiger partial charge in [0, 0.05) is 6.54 Å². The minimum Gasteiger partial charge on any atom is -0.445 e. The van der Waals surface area contributed by atoms with Crippen molar-refractivity contribution in [2.24, 2.45) is 0 Å². The van der Waals surface area contributed by atoms with Gasteiger partial charge in [-0.2, -0.15) is 0 Å². The number of ether oxygens (including phenoxy) is 4. The smallest absolute Gasteiger partial charge is 0.407 e. The molecule has 0 bridgehead atoms. The highest BCUT2D eigenvalue weighted by Crippen LogP contribution is 2.33. The van der Waals surface area contributed by atoms with Crippen molar-refractivity contribution >= 4 is 17.9 Å². The Bertz CT molecular complexity index is 1340. The van der Waals surface area contributed by atoms with E-state index in [1.807, 2.05) is 60.7 Å². The maximum atomic E-state index is 13.2. The monoisotopic (exact) mass is 576 g/mol. The molecule has 3 aromatic carbocycles. The Hall–Kier alpha value is -4.13. The molecule has 1 saturated heterocycles. The van der Waals surface area contributed by atoms with Gasteiger partial charge in [-0.1, -0.05) is 72.8 Å². The molecule has 42 heavy (non-hydrogen) atoms. The van der Waals surface area contributed by atoms with Gasteiger partial charge in [0.1, 0.15) is 31.0 Å². The van der Waals surface area contributed by atoms with Crippen molar-refractivity contribution in [1.82, 2.24) is 10.2 Å². The van der Waals surface area contributed by atoms with Gasteiger partial charge in [0.2, 0.25) is 0 Å². The van der Waals surface area contributed by atoms with Crippen LogP contribution in [0.2, 0.25) is 0 Å². The second-order valence-electron chi connectivity index (χ2n) is 9.90. The van der Waals surface area contributed by atoms with Gasteiger partial charge in [0.15, 0.2) is 6.29 Å². The van der Waals surface area contributed by atoms with Crippen molar-refractivity contribution in [2.45, 2.75) is 43.9 Å². The van der Waals surface area contributed by atoms with Crippen molar-refractivity contribution in [1.29, 1.82) is 0 Å². The molecular weight excluding hydrogens is 544 g/mol. The highest BCUT2D eigenvalue weighted by Gasteiger charge is 2.53. The fourth-order valence-corrected chi connectivity index (χ4v) is 4.91. The van der Waals surface area contributed by atoms with Crippen LogP contribution in [0.5, 0.6) is 0 Å². The average Bonchev–Trinajstić information content (AvgIpc) is 3.27. The van der Waals surface area contributed by atoms with E-state index in [0.29, 0.717) is 0 Å². The van der Waals surface area contributed by atoms with Gasteiger partial charge in [-0.3, -0.25) is 14.5 Å². The van der Waals surface area contributed by atoms with Crippen LogP contribution in [0.25, 0.3) is 0 Å². The highest BCUT2D eigenvalue weighted by atomic mass is 16.7. The normalized spacial score (nSPS) is 23.5. The Labute approximate surface area is 242 Å². The van der Waals surface area contributed by atoms with Gasteiger partial charge < -0.3 is 34.5 Å². The predicted octanol–water partition coefficient (Wildman–Crippen LogP) is 2.26. The van der Waals surface area contributed by atoms with Crippen molar-refractivity contribution in [2.75, 3.05) is 19.8 Å². The number of aliphatic hydroxyl groups is 2. The Morgan fingerprint density at radius 2 is 1.38 bits per heavy atom. The maximum absolute atomic E-state index is 13.2. The molecular formula is C31H32N2O9. The molecule has 2 heterocycles. The zero-order valence-electron chi connectivity index (χ0n) is 22.7. The number of imide groups is 1. The van der Waals surface area contributed by atoms with Gasteiger partial charge >= 0.3 is 6.09 Å². The topological polar surface area (TPSA) is 144 Å². The number of carbonyl (C=O) groups is 3. The van der Waals surface area contributed by atoms with E-state index in [2.05, 4.69) is 5.32 Å². The number of benzene rings is 3. The number of aliphatic hydroxyl groups excluding tert-OH is 2. The second-order valence-corrected chi connectivity index (χ2v) is 9.90. The molecule has 0 unspecified atom stereocenters. The summed E-state index contributed by atoms with van der Waals surface area (Å²) >= 11 is 0. The van der Waals surface area contributed by atoms with E-state index in [1.165, 1.54) is 12.1 Å². The van der Waals surface area contributed by atoms with E-state index < -0.39 is 48.6 Å². The van der Waals surface area contributed by atoms with Gasteiger partial charge in [0.25, 0.3) is 11.8 Å². The van der Waals surface area contributed by atoms with Gasteiger partial charge in [-0.15, -0.1) is 0 Å². The number of amides is 3. The molecule has 5 atom stereocenters. The van der Waals surface area contributed by atoms with Crippen LogP contribution in [0, 0.1) is 0 Å². The summed E-state index contributed by atoms with van der Waals surface area (Å²) in [7, 11) is 0. The molecule has 3 amide bonds. The first-order chi connectivity index (χ1) is 20.4. The second kappa shape index (κ2) is 13.7. The van der Waals surface area contributed by atoms with Gasteiger partial charge in [0.05, 0.1) is 30.9 Å². The average molecular weight is 577 g/mol. The molecule has 1 fully saturated rings. The largest absolute Gasteiger partial charge is 0.445 e. The number of alkyl carbamates (subject to hydrolysis) is 1. The molecule has 0 spiro atoms. The van der Waals surface area contributed by atoms with Crippen LogP contribution in [0.1, 0.15) is 31.8 Å². The van der Waals surface area contributed by atoms with Crippen LogP contribution in [0.3, 0.4) is 0 Å². The highest BCUT2D eigenvalue weighted by molar-refractivity contribution is 6.21. The minimum atomic E-state index is -1.60. The molecule has 5 rings (SSSR count). The molecule has 0 saturated carbocycles. The fourth-order valence-electron chi connectivity index (χ4n) is 4.91. The quantitative estimate of drug-likeness (QED) is 0.231.